The third-order valence-electron chi connectivity index (χ3n) is 7.17. The molecule has 1 aromatic heterocycles. The van der Waals surface area contributed by atoms with Crippen molar-refractivity contribution in [3.05, 3.63) is 24.0 Å². The molecule has 2 N–H and O–H groups in total. The van der Waals surface area contributed by atoms with Crippen molar-refractivity contribution in [3.8, 4) is 5.75 Å². The van der Waals surface area contributed by atoms with E-state index >= 15 is 0 Å². The van der Waals surface area contributed by atoms with Gasteiger partial charge in [-0.3, -0.25) is 19.5 Å². The van der Waals surface area contributed by atoms with Crippen molar-refractivity contribution in [1.82, 2.24) is 20.1 Å². The van der Waals surface area contributed by atoms with Crippen LogP contribution < -0.4 is 5.32 Å². The van der Waals surface area contributed by atoms with Crippen molar-refractivity contribution in [3.63, 3.8) is 0 Å². The monoisotopic (exact) mass is 430 g/mol. The van der Waals surface area contributed by atoms with Crippen molar-refractivity contribution >= 4 is 11.8 Å². The minimum Gasteiger partial charge on any atom is -0.506 e. The predicted molar refractivity (Wildman–Crippen MR) is 116 cm³/mol. The van der Waals surface area contributed by atoms with Gasteiger partial charge in [0, 0.05) is 44.5 Å². The molecule has 1 saturated carbocycles. The number of carbonyl (C=O) groups is 2. The van der Waals surface area contributed by atoms with Gasteiger partial charge in [0.2, 0.25) is 5.91 Å². The fraction of sp³-hybridized carbons (Fsp3) is 0.696. The van der Waals surface area contributed by atoms with E-state index in [-0.39, 0.29) is 29.5 Å². The van der Waals surface area contributed by atoms with Crippen LogP contribution in [-0.4, -0.2) is 83.2 Å². The third-order valence-corrected chi connectivity index (χ3v) is 7.17. The van der Waals surface area contributed by atoms with Gasteiger partial charge in [0.1, 0.15) is 5.75 Å². The molecule has 31 heavy (non-hydrogen) atoms. The van der Waals surface area contributed by atoms with Crippen LogP contribution >= 0.6 is 0 Å². The zero-order chi connectivity index (χ0) is 22.0. The number of fused-ring (bicyclic) bond motifs is 1. The highest BCUT2D eigenvalue weighted by atomic mass is 16.5. The van der Waals surface area contributed by atoms with Gasteiger partial charge in [0.15, 0.2) is 0 Å². The topological polar surface area (TPSA) is 95.0 Å². The van der Waals surface area contributed by atoms with E-state index in [4.69, 9.17) is 4.74 Å². The summed E-state index contributed by atoms with van der Waals surface area (Å²) in [6, 6.07) is 1.98. The van der Waals surface area contributed by atoms with Crippen molar-refractivity contribution < 1.29 is 19.4 Å². The quantitative estimate of drug-likeness (QED) is 0.754. The van der Waals surface area contributed by atoms with Gasteiger partial charge in [-0.25, -0.2) is 0 Å². The van der Waals surface area contributed by atoms with E-state index in [1.165, 1.54) is 18.5 Å². The molecule has 3 heterocycles. The molecule has 0 spiro atoms. The highest BCUT2D eigenvalue weighted by Gasteiger charge is 2.53. The zero-order valence-corrected chi connectivity index (χ0v) is 18.5. The van der Waals surface area contributed by atoms with Crippen LogP contribution in [0.3, 0.4) is 0 Å². The highest BCUT2D eigenvalue weighted by molar-refractivity contribution is 5.95. The second-order valence-electron chi connectivity index (χ2n) is 9.50. The molecule has 1 aliphatic carbocycles. The van der Waals surface area contributed by atoms with Gasteiger partial charge in [-0.05, 0) is 51.5 Å². The Balaban J connectivity index is 1.55. The Kier molecular flexibility index (Phi) is 6.48. The molecule has 8 nitrogen and oxygen atoms in total. The first-order chi connectivity index (χ1) is 14.9. The lowest BCUT2D eigenvalue weighted by atomic mass is 9.60. The number of nitrogens with zero attached hydrogens (tertiary/aromatic N) is 3. The highest BCUT2D eigenvalue weighted by Crippen LogP contribution is 2.48. The molecule has 2 amide bonds. The summed E-state index contributed by atoms with van der Waals surface area (Å²) in [7, 11) is 0. The molecule has 0 radical (unpaired) electrons. The molecule has 2 aliphatic heterocycles. The number of amides is 2. The van der Waals surface area contributed by atoms with Gasteiger partial charge in [0.25, 0.3) is 5.91 Å². The zero-order valence-electron chi connectivity index (χ0n) is 18.5. The number of pyridine rings is 1. The molecule has 3 fully saturated rings. The molecule has 0 aromatic carbocycles. The SMILES string of the molecule is CC(C)NC(=O)[C@@]12CC[C@H](N3CCOCC3)C[C@H]1CCN(C(=O)c1cncc(O)c1)C2. The van der Waals surface area contributed by atoms with Crippen LogP contribution in [-0.2, 0) is 9.53 Å². The summed E-state index contributed by atoms with van der Waals surface area (Å²) in [5, 5.41) is 12.9. The second-order valence-corrected chi connectivity index (χ2v) is 9.50. The molecule has 4 rings (SSSR count). The maximum absolute atomic E-state index is 13.5. The van der Waals surface area contributed by atoms with Gasteiger partial charge in [-0.15, -0.1) is 0 Å². The molecular formula is C23H34N4O4. The molecule has 170 valence electrons. The van der Waals surface area contributed by atoms with Gasteiger partial charge in [-0.1, -0.05) is 0 Å². The van der Waals surface area contributed by atoms with E-state index in [0.717, 1.165) is 52.0 Å². The molecule has 3 atom stereocenters. The maximum Gasteiger partial charge on any atom is 0.255 e. The predicted octanol–water partition coefficient (Wildman–Crippen LogP) is 1.64. The first-order valence-corrected chi connectivity index (χ1v) is 11.4. The van der Waals surface area contributed by atoms with Gasteiger partial charge < -0.3 is 20.1 Å². The van der Waals surface area contributed by atoms with Crippen molar-refractivity contribution in [2.75, 3.05) is 39.4 Å². The normalized spacial score (nSPS) is 29.5. The lowest BCUT2D eigenvalue weighted by Gasteiger charge is -2.53. The molecule has 2 saturated heterocycles. The minimum absolute atomic E-state index is 0.0287. The summed E-state index contributed by atoms with van der Waals surface area (Å²) in [6.07, 6.45) is 6.32. The van der Waals surface area contributed by atoms with Crippen LogP contribution in [0.25, 0.3) is 0 Å². The molecule has 0 bridgehead atoms. The van der Waals surface area contributed by atoms with E-state index in [9.17, 15) is 14.7 Å². The van der Waals surface area contributed by atoms with Crippen LogP contribution in [0.2, 0.25) is 0 Å². The van der Waals surface area contributed by atoms with Gasteiger partial charge in [0.05, 0.1) is 30.4 Å². The number of aromatic hydroxyl groups is 1. The number of likely N-dealkylation sites (tertiary alicyclic amines) is 1. The number of nitrogens with one attached hydrogen (secondary N) is 1. The second kappa shape index (κ2) is 9.12. The summed E-state index contributed by atoms with van der Waals surface area (Å²) >= 11 is 0. The number of carbonyl (C=O) groups excluding carboxylic acids is 2. The smallest absolute Gasteiger partial charge is 0.255 e. The van der Waals surface area contributed by atoms with Crippen LogP contribution in [0, 0.1) is 11.3 Å². The Morgan fingerprint density at radius 2 is 2.00 bits per heavy atom. The van der Waals surface area contributed by atoms with Crippen LogP contribution in [0.15, 0.2) is 18.5 Å². The number of hydrogen-bond acceptors (Lipinski definition) is 6. The Labute approximate surface area is 184 Å². The van der Waals surface area contributed by atoms with E-state index < -0.39 is 5.41 Å². The fourth-order valence-electron chi connectivity index (χ4n) is 5.59. The Morgan fingerprint density at radius 3 is 2.71 bits per heavy atom. The molecule has 3 aliphatic rings. The van der Waals surface area contributed by atoms with E-state index in [2.05, 4.69) is 15.2 Å². The van der Waals surface area contributed by atoms with E-state index in [1.54, 1.807) is 4.90 Å². The molecule has 0 unspecified atom stereocenters. The fourth-order valence-corrected chi connectivity index (χ4v) is 5.59. The van der Waals surface area contributed by atoms with E-state index in [1.807, 2.05) is 13.8 Å². The summed E-state index contributed by atoms with van der Waals surface area (Å²) in [4.78, 5) is 34.9. The van der Waals surface area contributed by atoms with Crippen LogP contribution in [0.5, 0.6) is 5.75 Å². The van der Waals surface area contributed by atoms with Crippen molar-refractivity contribution in [1.29, 1.82) is 0 Å². The number of piperidine rings is 1. The number of morpholine rings is 1. The van der Waals surface area contributed by atoms with E-state index in [0.29, 0.717) is 24.7 Å². The largest absolute Gasteiger partial charge is 0.506 e. The van der Waals surface area contributed by atoms with Crippen molar-refractivity contribution in [2.24, 2.45) is 11.3 Å². The summed E-state index contributed by atoms with van der Waals surface area (Å²) < 4.78 is 5.52. The average molecular weight is 431 g/mol. The van der Waals surface area contributed by atoms with Gasteiger partial charge >= 0.3 is 0 Å². The molecule has 8 heteroatoms. The molecular weight excluding hydrogens is 396 g/mol. The standard InChI is InChI=1S/C23H34N4O4/c1-16(2)25-22(30)23-5-3-19(26-7-9-31-10-8-26)12-18(23)4-6-27(15-23)21(29)17-11-20(28)14-24-13-17/h11,13-14,16,18-19,28H,3-10,12,15H2,1-2H3,(H,25,30)/t18-,19+,23-/m1/s1. The average Bonchev–Trinajstić information content (AvgIpc) is 2.78. The first-order valence-electron chi connectivity index (χ1n) is 11.4. The maximum atomic E-state index is 13.5. The Morgan fingerprint density at radius 1 is 1.23 bits per heavy atom. The Hall–Kier alpha value is -2.19. The summed E-state index contributed by atoms with van der Waals surface area (Å²) in [5.41, 5.74) is -0.203. The Bertz CT molecular complexity index is 811. The van der Waals surface area contributed by atoms with Crippen LogP contribution in [0.4, 0.5) is 0 Å². The first kappa shape index (κ1) is 22.0. The summed E-state index contributed by atoms with van der Waals surface area (Å²) in [5.74, 6) is 0.117. The molecule has 1 aromatic rings. The lowest BCUT2D eigenvalue weighted by Crippen LogP contribution is -2.62. The lowest BCUT2D eigenvalue weighted by molar-refractivity contribution is -0.144. The van der Waals surface area contributed by atoms with Crippen LogP contribution in [0.1, 0.15) is 49.9 Å². The summed E-state index contributed by atoms with van der Waals surface area (Å²) in [6.45, 7) is 8.46. The number of rotatable bonds is 4. The number of hydrogen-bond donors (Lipinski definition) is 2. The van der Waals surface area contributed by atoms with Crippen molar-refractivity contribution in [2.45, 2.75) is 51.6 Å². The van der Waals surface area contributed by atoms with Gasteiger partial charge in [-0.2, -0.15) is 0 Å². The number of aromatic nitrogens is 1. The minimum atomic E-state index is -0.564. The number of ether oxygens (including phenoxy) is 1. The third kappa shape index (κ3) is 4.55.